The maximum absolute atomic E-state index is 11.8. The minimum atomic E-state index is -0.0486. The lowest BCUT2D eigenvalue weighted by molar-refractivity contribution is 0.0947. The smallest absolute Gasteiger partial charge is 0.251 e. The molecule has 0 saturated heterocycles. The van der Waals surface area contributed by atoms with Crippen LogP contribution in [-0.2, 0) is 0 Å². The number of hydrogen-bond acceptors (Lipinski definition) is 3. The number of amides is 1. The van der Waals surface area contributed by atoms with Crippen molar-refractivity contribution in [2.24, 2.45) is 0 Å². The van der Waals surface area contributed by atoms with Crippen LogP contribution in [-0.4, -0.2) is 37.0 Å². The molecule has 0 aromatic heterocycles. The summed E-state index contributed by atoms with van der Waals surface area (Å²) >= 11 is 0. The number of hydrogen-bond donors (Lipinski definition) is 2. The van der Waals surface area contributed by atoms with E-state index in [1.54, 1.807) is 24.3 Å². The molecule has 0 fully saturated rings. The van der Waals surface area contributed by atoms with Crippen LogP contribution in [0.1, 0.15) is 30.6 Å². The van der Waals surface area contributed by atoms with Gasteiger partial charge < -0.3 is 16.0 Å². The molecule has 1 atom stereocenters. The average molecular weight is 322 g/mol. The van der Waals surface area contributed by atoms with Gasteiger partial charge in [-0.1, -0.05) is 6.92 Å². The molecule has 1 amide bonds. The number of halogens is 2. The second-order valence-corrected chi connectivity index (χ2v) is 4.62. The Balaban J connectivity index is 0. The molecule has 1 unspecified atom stereocenters. The van der Waals surface area contributed by atoms with Crippen molar-refractivity contribution in [1.82, 2.24) is 10.2 Å². The van der Waals surface area contributed by atoms with E-state index in [1.807, 2.05) is 0 Å². The number of rotatable bonds is 6. The van der Waals surface area contributed by atoms with Gasteiger partial charge in [0.25, 0.3) is 5.91 Å². The van der Waals surface area contributed by atoms with Crippen LogP contribution >= 0.6 is 24.8 Å². The lowest BCUT2D eigenvalue weighted by atomic mass is 10.2. The summed E-state index contributed by atoms with van der Waals surface area (Å²) in [6.45, 7) is 5.86. The van der Waals surface area contributed by atoms with Crippen LogP contribution in [0.15, 0.2) is 24.3 Å². The fraction of sp³-hybridized carbons (Fsp3) is 0.500. The molecule has 20 heavy (non-hydrogen) atoms. The zero-order chi connectivity index (χ0) is 13.5. The minimum absolute atomic E-state index is 0. The molecular formula is C14H25Cl2N3O. The number of likely N-dealkylation sites (N-methyl/N-ethyl adjacent to an activating group) is 1. The van der Waals surface area contributed by atoms with Crippen molar-refractivity contribution in [3.8, 4) is 0 Å². The molecule has 0 aliphatic rings. The Morgan fingerprint density at radius 2 is 1.85 bits per heavy atom. The van der Waals surface area contributed by atoms with E-state index in [2.05, 4.69) is 31.1 Å². The average Bonchev–Trinajstić information content (AvgIpc) is 2.38. The highest BCUT2D eigenvalue weighted by molar-refractivity contribution is 5.94. The number of benzene rings is 1. The molecule has 3 N–H and O–H groups in total. The first kappa shape index (κ1) is 21.3. The van der Waals surface area contributed by atoms with Gasteiger partial charge in [-0.2, -0.15) is 0 Å². The summed E-state index contributed by atoms with van der Waals surface area (Å²) in [5, 5.41) is 2.91. The quantitative estimate of drug-likeness (QED) is 0.792. The molecule has 1 aromatic rings. The molecular weight excluding hydrogens is 297 g/mol. The van der Waals surface area contributed by atoms with Crippen molar-refractivity contribution in [2.75, 3.05) is 25.9 Å². The van der Waals surface area contributed by atoms with E-state index in [9.17, 15) is 4.79 Å². The van der Waals surface area contributed by atoms with Gasteiger partial charge in [0.05, 0.1) is 0 Å². The van der Waals surface area contributed by atoms with Crippen molar-refractivity contribution >= 4 is 36.4 Å². The van der Waals surface area contributed by atoms with E-state index >= 15 is 0 Å². The Labute approximate surface area is 133 Å². The van der Waals surface area contributed by atoms with Gasteiger partial charge in [-0.05, 0) is 44.7 Å². The highest BCUT2D eigenvalue weighted by Crippen LogP contribution is 2.05. The third kappa shape index (κ3) is 6.98. The van der Waals surface area contributed by atoms with Gasteiger partial charge in [-0.3, -0.25) is 4.79 Å². The molecule has 1 rings (SSSR count). The van der Waals surface area contributed by atoms with E-state index in [0.717, 1.165) is 13.0 Å². The van der Waals surface area contributed by atoms with E-state index in [-0.39, 0.29) is 30.7 Å². The van der Waals surface area contributed by atoms with Crippen LogP contribution in [0.3, 0.4) is 0 Å². The number of nitrogen functional groups attached to an aromatic ring is 1. The molecule has 0 bridgehead atoms. The summed E-state index contributed by atoms with van der Waals surface area (Å²) < 4.78 is 0. The summed E-state index contributed by atoms with van der Waals surface area (Å²) in [4.78, 5) is 14.0. The molecule has 0 aliphatic heterocycles. The first-order valence-corrected chi connectivity index (χ1v) is 6.38. The standard InChI is InChI=1S/C14H23N3O.2ClH/c1-4-11(2)17(3)10-9-16-14(18)12-5-7-13(15)8-6-12;;/h5-8,11H,4,9-10,15H2,1-3H3,(H,16,18);2*1H. The molecule has 0 spiro atoms. The van der Waals surface area contributed by atoms with E-state index < -0.39 is 0 Å². The summed E-state index contributed by atoms with van der Waals surface area (Å²) in [7, 11) is 2.07. The normalized spacial score (nSPS) is 11.2. The van der Waals surface area contributed by atoms with Gasteiger partial charge in [-0.25, -0.2) is 0 Å². The molecule has 0 aliphatic carbocycles. The fourth-order valence-electron chi connectivity index (χ4n) is 1.61. The van der Waals surface area contributed by atoms with Gasteiger partial charge in [0.1, 0.15) is 0 Å². The summed E-state index contributed by atoms with van der Waals surface area (Å²) in [6, 6.07) is 7.49. The molecule has 0 saturated carbocycles. The lowest BCUT2D eigenvalue weighted by Crippen LogP contribution is -2.37. The van der Waals surface area contributed by atoms with Gasteiger partial charge in [0.15, 0.2) is 0 Å². The van der Waals surface area contributed by atoms with Crippen LogP contribution < -0.4 is 11.1 Å². The van der Waals surface area contributed by atoms with Gasteiger partial charge in [0.2, 0.25) is 0 Å². The largest absolute Gasteiger partial charge is 0.399 e. The molecule has 6 heteroatoms. The van der Waals surface area contributed by atoms with Crippen LogP contribution in [0, 0.1) is 0 Å². The highest BCUT2D eigenvalue weighted by Gasteiger charge is 2.08. The van der Waals surface area contributed by atoms with Crippen molar-refractivity contribution in [3.63, 3.8) is 0 Å². The van der Waals surface area contributed by atoms with Gasteiger partial charge in [-0.15, -0.1) is 24.8 Å². The maximum Gasteiger partial charge on any atom is 0.251 e. The van der Waals surface area contributed by atoms with Crippen molar-refractivity contribution in [3.05, 3.63) is 29.8 Å². The minimum Gasteiger partial charge on any atom is -0.399 e. The number of anilines is 1. The van der Waals surface area contributed by atoms with Gasteiger partial charge in [0, 0.05) is 30.4 Å². The molecule has 4 nitrogen and oxygen atoms in total. The highest BCUT2D eigenvalue weighted by atomic mass is 35.5. The van der Waals surface area contributed by atoms with E-state index in [1.165, 1.54) is 0 Å². The Morgan fingerprint density at radius 1 is 1.30 bits per heavy atom. The van der Waals surface area contributed by atoms with Crippen LogP contribution in [0.5, 0.6) is 0 Å². The number of nitrogens with one attached hydrogen (secondary N) is 1. The lowest BCUT2D eigenvalue weighted by Gasteiger charge is -2.23. The van der Waals surface area contributed by atoms with Crippen molar-refractivity contribution in [2.45, 2.75) is 26.3 Å². The van der Waals surface area contributed by atoms with Crippen molar-refractivity contribution < 1.29 is 4.79 Å². The Bertz CT molecular complexity index is 385. The predicted octanol–water partition coefficient (Wildman–Crippen LogP) is 2.57. The molecule has 1 aromatic carbocycles. The second-order valence-electron chi connectivity index (χ2n) is 4.62. The van der Waals surface area contributed by atoms with Crippen LogP contribution in [0.2, 0.25) is 0 Å². The number of carbonyl (C=O) groups is 1. The third-order valence-electron chi connectivity index (χ3n) is 3.27. The number of carbonyl (C=O) groups excluding carboxylic acids is 1. The van der Waals surface area contributed by atoms with Crippen LogP contribution in [0.25, 0.3) is 0 Å². The number of nitrogens with zero attached hydrogens (tertiary/aromatic N) is 1. The summed E-state index contributed by atoms with van der Waals surface area (Å²) in [5.41, 5.74) is 6.89. The van der Waals surface area contributed by atoms with E-state index in [4.69, 9.17) is 5.73 Å². The SMILES string of the molecule is CCC(C)N(C)CCNC(=O)c1ccc(N)cc1.Cl.Cl. The first-order chi connectivity index (χ1) is 8.54. The monoisotopic (exact) mass is 321 g/mol. The summed E-state index contributed by atoms with van der Waals surface area (Å²) in [5.74, 6) is -0.0486. The van der Waals surface area contributed by atoms with Crippen molar-refractivity contribution in [1.29, 1.82) is 0 Å². The molecule has 0 radical (unpaired) electrons. The number of nitrogens with two attached hydrogens (primary N) is 1. The topological polar surface area (TPSA) is 58.4 Å². The fourth-order valence-corrected chi connectivity index (χ4v) is 1.61. The zero-order valence-corrected chi connectivity index (χ0v) is 13.9. The van der Waals surface area contributed by atoms with Gasteiger partial charge >= 0.3 is 0 Å². The zero-order valence-electron chi connectivity index (χ0n) is 12.3. The van der Waals surface area contributed by atoms with E-state index in [0.29, 0.717) is 23.8 Å². The Morgan fingerprint density at radius 3 is 2.35 bits per heavy atom. The second kappa shape index (κ2) is 10.8. The molecule has 0 heterocycles. The van der Waals surface area contributed by atoms with Crippen LogP contribution in [0.4, 0.5) is 5.69 Å². The molecule has 116 valence electrons. The Hall–Kier alpha value is -0.970. The first-order valence-electron chi connectivity index (χ1n) is 6.38. The third-order valence-corrected chi connectivity index (χ3v) is 3.27. The predicted molar refractivity (Wildman–Crippen MR) is 90.1 cm³/mol. The summed E-state index contributed by atoms with van der Waals surface area (Å²) in [6.07, 6.45) is 1.11. The maximum atomic E-state index is 11.8. The Kier molecular flexibility index (Phi) is 11.5.